The Labute approximate surface area is 205 Å². The van der Waals surface area contributed by atoms with Crippen molar-refractivity contribution in [3.8, 4) is 11.1 Å². The third-order valence-corrected chi connectivity index (χ3v) is 8.51. The minimum atomic E-state index is 0.0504. The maximum absolute atomic E-state index is 13.2. The van der Waals surface area contributed by atoms with Crippen LogP contribution in [0, 0.1) is 0 Å². The van der Waals surface area contributed by atoms with E-state index < -0.39 is 0 Å². The van der Waals surface area contributed by atoms with Crippen molar-refractivity contribution in [3.05, 3.63) is 75.9 Å². The van der Waals surface area contributed by atoms with Gasteiger partial charge < -0.3 is 15.3 Å². The number of hydrogen-bond acceptors (Lipinski definition) is 5. The quantitative estimate of drug-likeness (QED) is 0.610. The molecule has 1 fully saturated rings. The molecule has 3 aliphatic heterocycles. The van der Waals surface area contributed by atoms with Crippen LogP contribution in [0.25, 0.3) is 11.1 Å². The molecule has 3 heterocycles. The van der Waals surface area contributed by atoms with Gasteiger partial charge in [-0.05, 0) is 53.2 Å². The molecule has 6 heteroatoms. The van der Waals surface area contributed by atoms with Gasteiger partial charge in [-0.1, -0.05) is 42.5 Å². The number of aliphatic hydroxyl groups excluding tert-OH is 1. The van der Waals surface area contributed by atoms with Crippen LogP contribution < -0.4 is 10.2 Å². The van der Waals surface area contributed by atoms with E-state index in [1.807, 2.05) is 12.1 Å². The van der Waals surface area contributed by atoms with Gasteiger partial charge in [0.25, 0.3) is 5.91 Å². The van der Waals surface area contributed by atoms with Gasteiger partial charge in [-0.2, -0.15) is 5.06 Å². The summed E-state index contributed by atoms with van der Waals surface area (Å²) in [6.45, 7) is 3.67. The van der Waals surface area contributed by atoms with E-state index >= 15 is 0 Å². The summed E-state index contributed by atoms with van der Waals surface area (Å²) >= 11 is 0. The predicted molar refractivity (Wildman–Crippen MR) is 135 cm³/mol. The molecule has 2 aromatic rings. The highest BCUT2D eigenvalue weighted by Crippen LogP contribution is 2.56. The van der Waals surface area contributed by atoms with E-state index in [0.717, 1.165) is 42.5 Å². The van der Waals surface area contributed by atoms with Crippen molar-refractivity contribution < 1.29 is 14.7 Å². The average Bonchev–Trinajstić information content (AvgIpc) is 3.59. The van der Waals surface area contributed by atoms with Gasteiger partial charge in [0.2, 0.25) is 0 Å². The maximum Gasteiger partial charge on any atom is 0.252 e. The van der Waals surface area contributed by atoms with Crippen molar-refractivity contribution in [1.82, 2.24) is 10.4 Å². The van der Waals surface area contributed by atoms with Crippen LogP contribution in [0.5, 0.6) is 0 Å². The number of hydroxylamine groups is 2. The number of anilines is 1. The summed E-state index contributed by atoms with van der Waals surface area (Å²) in [6.07, 6.45) is 9.81. The number of aliphatic hydroxyl groups is 1. The Morgan fingerprint density at radius 3 is 2.86 bits per heavy atom. The molecule has 2 aliphatic carbocycles. The first-order valence-electron chi connectivity index (χ1n) is 12.8. The molecule has 0 spiro atoms. The molecule has 0 radical (unpaired) electrons. The van der Waals surface area contributed by atoms with Crippen molar-refractivity contribution >= 4 is 11.6 Å². The molecule has 0 aromatic heterocycles. The Morgan fingerprint density at radius 1 is 1.20 bits per heavy atom. The van der Waals surface area contributed by atoms with E-state index in [2.05, 4.69) is 59.6 Å². The lowest BCUT2D eigenvalue weighted by Gasteiger charge is -2.31. The average molecular weight is 470 g/mol. The van der Waals surface area contributed by atoms with Crippen LogP contribution >= 0.6 is 0 Å². The molecule has 7 rings (SSSR count). The lowest BCUT2D eigenvalue weighted by molar-refractivity contribution is -0.132. The van der Waals surface area contributed by atoms with Crippen molar-refractivity contribution in [3.63, 3.8) is 0 Å². The van der Waals surface area contributed by atoms with Crippen LogP contribution in [0.2, 0.25) is 0 Å². The van der Waals surface area contributed by atoms with E-state index in [1.54, 1.807) is 0 Å². The fraction of sp³-hybridized carbons (Fsp3) is 0.414. The van der Waals surface area contributed by atoms with Gasteiger partial charge >= 0.3 is 0 Å². The summed E-state index contributed by atoms with van der Waals surface area (Å²) in [5.74, 6) is 0.234. The zero-order chi connectivity index (χ0) is 23.8. The monoisotopic (exact) mass is 469 g/mol. The number of benzene rings is 2. The van der Waals surface area contributed by atoms with Crippen LogP contribution in [0.4, 0.5) is 5.69 Å². The molecular formula is C29H31N3O3. The van der Waals surface area contributed by atoms with Crippen molar-refractivity contribution in [2.75, 3.05) is 25.1 Å². The normalized spacial score (nSPS) is 27.9. The predicted octanol–water partition coefficient (Wildman–Crippen LogP) is 3.68. The first-order valence-corrected chi connectivity index (χ1v) is 12.8. The summed E-state index contributed by atoms with van der Waals surface area (Å²) in [6, 6.07) is 8.95. The second kappa shape index (κ2) is 7.79. The molecule has 6 nitrogen and oxygen atoms in total. The number of nitrogens with zero attached hydrogens (tertiary/aromatic N) is 2. The fourth-order valence-electron chi connectivity index (χ4n) is 7.14. The number of rotatable bonds is 4. The highest BCUT2D eigenvalue weighted by atomic mass is 16.7. The lowest BCUT2D eigenvalue weighted by atomic mass is 9.81. The number of carbonyl (C=O) groups is 1. The number of fused-ring (bicyclic) bond motifs is 10. The highest BCUT2D eigenvalue weighted by molar-refractivity contribution is 6.09. The van der Waals surface area contributed by atoms with E-state index in [9.17, 15) is 9.90 Å². The third-order valence-electron chi connectivity index (χ3n) is 8.51. The van der Waals surface area contributed by atoms with Crippen LogP contribution in [0.15, 0.2) is 48.1 Å². The van der Waals surface area contributed by atoms with Crippen molar-refractivity contribution in [2.45, 2.75) is 56.8 Å². The molecule has 5 aliphatic rings. The standard InChI is InChI=1S/C29H31N3O3/c1-16-12-24(31(2)35-16)18-8-9-23-20(14-18)26-22-15-30-29(34)27(22)25-19-7-4-3-6-17(19)13-21(25)28(26)32(23)10-5-11-33/h3-4,6-9,14,16,20,23-24,33H,5,10-13,15H2,1-2H3,(H,30,34). The summed E-state index contributed by atoms with van der Waals surface area (Å²) in [7, 11) is 2.02. The first-order chi connectivity index (χ1) is 17.1. The van der Waals surface area contributed by atoms with Gasteiger partial charge in [-0.3, -0.25) is 9.63 Å². The van der Waals surface area contributed by atoms with Crippen LogP contribution in [-0.4, -0.2) is 54.5 Å². The second-order valence-electron chi connectivity index (χ2n) is 10.5. The number of carbonyl (C=O) groups excluding carboxylic acids is 1. The molecule has 0 saturated carbocycles. The smallest absolute Gasteiger partial charge is 0.252 e. The second-order valence-corrected chi connectivity index (χ2v) is 10.5. The Balaban J connectivity index is 1.44. The largest absolute Gasteiger partial charge is 0.396 e. The maximum atomic E-state index is 13.2. The third kappa shape index (κ3) is 2.97. The molecule has 1 amide bonds. The first kappa shape index (κ1) is 21.4. The zero-order valence-corrected chi connectivity index (χ0v) is 20.3. The molecule has 2 N–H and O–H groups in total. The lowest BCUT2D eigenvalue weighted by Crippen LogP contribution is -2.36. The molecule has 4 unspecified atom stereocenters. The number of hydrogen-bond donors (Lipinski definition) is 2. The van der Waals surface area contributed by atoms with Gasteiger partial charge in [-0.25, -0.2) is 0 Å². The van der Waals surface area contributed by atoms with Gasteiger partial charge in [0, 0.05) is 50.3 Å². The van der Waals surface area contributed by atoms with E-state index in [1.165, 1.54) is 33.5 Å². The van der Waals surface area contributed by atoms with Gasteiger partial charge in [0.05, 0.1) is 23.8 Å². The molecule has 35 heavy (non-hydrogen) atoms. The van der Waals surface area contributed by atoms with Gasteiger partial charge in [0.1, 0.15) is 0 Å². The highest BCUT2D eigenvalue weighted by Gasteiger charge is 2.46. The zero-order valence-electron chi connectivity index (χ0n) is 20.3. The Kier molecular flexibility index (Phi) is 4.75. The molecule has 1 saturated heterocycles. The number of likely N-dealkylation sites (N-methyl/N-ethyl adjacent to an activating group) is 1. The summed E-state index contributed by atoms with van der Waals surface area (Å²) in [5.41, 5.74) is 10.8. The van der Waals surface area contributed by atoms with E-state index in [4.69, 9.17) is 4.84 Å². The molecule has 2 aromatic carbocycles. The number of nitrogens with one attached hydrogen (secondary N) is 1. The molecular weight excluding hydrogens is 438 g/mol. The van der Waals surface area contributed by atoms with Crippen molar-refractivity contribution in [2.24, 2.45) is 0 Å². The topological polar surface area (TPSA) is 65.0 Å². The summed E-state index contributed by atoms with van der Waals surface area (Å²) < 4.78 is 0. The van der Waals surface area contributed by atoms with E-state index in [-0.39, 0.29) is 36.6 Å². The van der Waals surface area contributed by atoms with Crippen LogP contribution in [0.3, 0.4) is 0 Å². The molecule has 0 bridgehead atoms. The van der Waals surface area contributed by atoms with Crippen LogP contribution in [0.1, 0.15) is 58.3 Å². The van der Waals surface area contributed by atoms with Crippen molar-refractivity contribution in [1.29, 1.82) is 0 Å². The summed E-state index contributed by atoms with van der Waals surface area (Å²) in [5, 5.41) is 14.8. The Bertz CT molecular complexity index is 1310. The molecule has 4 atom stereocenters. The van der Waals surface area contributed by atoms with E-state index in [0.29, 0.717) is 6.54 Å². The summed E-state index contributed by atoms with van der Waals surface area (Å²) in [4.78, 5) is 21.6. The van der Waals surface area contributed by atoms with Gasteiger partial charge in [-0.15, -0.1) is 0 Å². The Hall–Kier alpha value is -2.93. The van der Waals surface area contributed by atoms with Gasteiger partial charge in [0.15, 0.2) is 0 Å². The SMILES string of the molecule is CC1CC(C2=CC3c4c5c(c6c(c4N(CCCO)C3C=C2)Cc2ccccc2-6)C(=O)NC5)N(C)O1. The minimum Gasteiger partial charge on any atom is -0.396 e. The van der Waals surface area contributed by atoms with Crippen LogP contribution in [-0.2, 0) is 17.8 Å². The minimum absolute atomic E-state index is 0.0504. The molecule has 180 valence electrons. The Morgan fingerprint density at radius 2 is 2.06 bits per heavy atom. The fourth-order valence-corrected chi connectivity index (χ4v) is 7.14. The number of amides is 1.